The van der Waals surface area contributed by atoms with Crippen LogP contribution in [0.2, 0.25) is 0 Å². The van der Waals surface area contributed by atoms with Gasteiger partial charge in [-0.25, -0.2) is 4.79 Å². The minimum atomic E-state index is -0.607. The number of nitrogens with one attached hydrogen (secondary N) is 1. The molecule has 0 aliphatic rings. The van der Waals surface area contributed by atoms with Crippen LogP contribution in [0.5, 0.6) is 5.75 Å². The second kappa shape index (κ2) is 5.95. The highest BCUT2D eigenvalue weighted by Gasteiger charge is 2.15. The Bertz CT molecular complexity index is 679. The van der Waals surface area contributed by atoms with Crippen molar-refractivity contribution in [1.82, 2.24) is 0 Å². The fourth-order valence-corrected chi connectivity index (χ4v) is 1.69. The van der Waals surface area contributed by atoms with Crippen LogP contribution in [0.4, 0.5) is 11.4 Å². The molecule has 110 valence electrons. The van der Waals surface area contributed by atoms with E-state index in [1.807, 2.05) is 0 Å². The number of furan rings is 1. The number of aromatic hydroxyl groups is 1. The smallest absolute Gasteiger partial charge is 0.373 e. The topological polar surface area (TPSA) is 115 Å². The van der Waals surface area contributed by atoms with Gasteiger partial charge >= 0.3 is 5.97 Å². The molecule has 21 heavy (non-hydrogen) atoms. The van der Waals surface area contributed by atoms with Crippen molar-refractivity contribution in [3.05, 3.63) is 52.0 Å². The maximum absolute atomic E-state index is 11.2. The third-order valence-electron chi connectivity index (χ3n) is 2.68. The zero-order valence-corrected chi connectivity index (χ0v) is 11.0. The van der Waals surface area contributed by atoms with Crippen LogP contribution in [0.3, 0.4) is 0 Å². The van der Waals surface area contributed by atoms with Crippen molar-refractivity contribution < 1.29 is 24.0 Å². The molecule has 1 heterocycles. The quantitative estimate of drug-likeness (QED) is 0.376. The Kier molecular flexibility index (Phi) is 4.07. The highest BCUT2D eigenvalue weighted by molar-refractivity contribution is 5.86. The molecule has 8 heteroatoms. The van der Waals surface area contributed by atoms with Gasteiger partial charge in [-0.1, -0.05) is 0 Å². The molecule has 0 fully saturated rings. The molecular weight excluding hydrogens is 280 g/mol. The van der Waals surface area contributed by atoms with Gasteiger partial charge in [0.15, 0.2) is 0 Å². The van der Waals surface area contributed by atoms with Crippen LogP contribution in [0.15, 0.2) is 34.7 Å². The molecule has 0 radical (unpaired) electrons. The summed E-state index contributed by atoms with van der Waals surface area (Å²) in [6.07, 6.45) is 0. The number of ether oxygens (including phenoxy) is 1. The summed E-state index contributed by atoms with van der Waals surface area (Å²) >= 11 is 0. The van der Waals surface area contributed by atoms with Gasteiger partial charge in [0, 0.05) is 0 Å². The summed E-state index contributed by atoms with van der Waals surface area (Å²) in [6.45, 7) is 0.141. The molecule has 0 atom stereocenters. The molecule has 2 rings (SSSR count). The zero-order valence-electron chi connectivity index (χ0n) is 11.0. The molecule has 1 aromatic heterocycles. The van der Waals surface area contributed by atoms with Gasteiger partial charge < -0.3 is 19.6 Å². The maximum Gasteiger partial charge on any atom is 0.373 e. The number of phenolic OH excluding ortho intramolecular Hbond substituents is 1. The Morgan fingerprint density at radius 3 is 2.86 bits per heavy atom. The minimum Gasteiger partial charge on any atom is -0.508 e. The first kappa shape index (κ1) is 14.4. The van der Waals surface area contributed by atoms with Crippen molar-refractivity contribution in [2.75, 3.05) is 12.4 Å². The number of nitro benzene ring substituents is 1. The standard InChI is InChI=1S/C13H12N2O6/c1-20-13(17)12-5-3-9(21-12)7-14-10-4-2-8(16)6-11(10)15(18)19/h2-6,14,16H,7H2,1H3. The third kappa shape index (κ3) is 3.30. The Labute approximate surface area is 119 Å². The number of esters is 1. The molecule has 0 amide bonds. The van der Waals surface area contributed by atoms with E-state index in [1.54, 1.807) is 6.07 Å². The van der Waals surface area contributed by atoms with Gasteiger partial charge in [-0.05, 0) is 24.3 Å². The van der Waals surface area contributed by atoms with E-state index in [4.69, 9.17) is 4.42 Å². The summed E-state index contributed by atoms with van der Waals surface area (Å²) in [5.41, 5.74) is -0.0245. The number of nitrogens with zero attached hydrogens (tertiary/aromatic N) is 1. The Morgan fingerprint density at radius 1 is 1.43 bits per heavy atom. The number of anilines is 1. The van der Waals surface area contributed by atoms with Gasteiger partial charge in [-0.2, -0.15) is 0 Å². The van der Waals surface area contributed by atoms with Crippen molar-refractivity contribution in [2.45, 2.75) is 6.54 Å². The van der Waals surface area contributed by atoms with Crippen LogP contribution >= 0.6 is 0 Å². The Morgan fingerprint density at radius 2 is 2.19 bits per heavy atom. The van der Waals surface area contributed by atoms with Crippen LogP contribution in [-0.2, 0) is 11.3 Å². The molecular formula is C13H12N2O6. The van der Waals surface area contributed by atoms with E-state index in [9.17, 15) is 20.0 Å². The second-order valence-corrected chi connectivity index (χ2v) is 4.07. The SMILES string of the molecule is COC(=O)c1ccc(CNc2ccc(O)cc2[N+](=O)[O-])o1. The normalized spacial score (nSPS) is 10.1. The zero-order chi connectivity index (χ0) is 15.4. The average Bonchev–Trinajstić information content (AvgIpc) is 2.93. The first-order valence-electron chi connectivity index (χ1n) is 5.89. The summed E-state index contributed by atoms with van der Waals surface area (Å²) in [5, 5.41) is 23.0. The van der Waals surface area contributed by atoms with Crippen molar-refractivity contribution in [3.8, 4) is 5.75 Å². The van der Waals surface area contributed by atoms with Crippen molar-refractivity contribution in [2.24, 2.45) is 0 Å². The lowest BCUT2D eigenvalue weighted by Gasteiger charge is -2.05. The van der Waals surface area contributed by atoms with Gasteiger partial charge in [-0.3, -0.25) is 10.1 Å². The highest BCUT2D eigenvalue weighted by Crippen LogP contribution is 2.28. The van der Waals surface area contributed by atoms with Crippen LogP contribution < -0.4 is 5.32 Å². The fraction of sp³-hybridized carbons (Fsp3) is 0.154. The number of hydrogen-bond acceptors (Lipinski definition) is 7. The molecule has 1 aromatic carbocycles. The molecule has 0 unspecified atom stereocenters. The number of rotatable bonds is 5. The second-order valence-electron chi connectivity index (χ2n) is 4.07. The van der Waals surface area contributed by atoms with Crippen molar-refractivity contribution in [1.29, 1.82) is 0 Å². The van der Waals surface area contributed by atoms with Gasteiger partial charge in [0.2, 0.25) is 5.76 Å². The van der Waals surface area contributed by atoms with E-state index in [-0.39, 0.29) is 29.4 Å². The number of carbonyl (C=O) groups excluding carboxylic acids is 1. The lowest BCUT2D eigenvalue weighted by Crippen LogP contribution is -2.02. The van der Waals surface area contributed by atoms with Crippen LogP contribution in [0.25, 0.3) is 0 Å². The number of hydrogen-bond donors (Lipinski definition) is 2. The monoisotopic (exact) mass is 292 g/mol. The fourth-order valence-electron chi connectivity index (χ4n) is 1.69. The maximum atomic E-state index is 11.2. The molecule has 0 bridgehead atoms. The van der Waals surface area contributed by atoms with E-state index in [2.05, 4.69) is 10.1 Å². The Balaban J connectivity index is 2.11. The number of methoxy groups -OCH3 is 1. The molecule has 0 saturated heterocycles. The predicted molar refractivity (Wildman–Crippen MR) is 72.1 cm³/mol. The molecule has 2 N–H and O–H groups in total. The predicted octanol–water partition coefficient (Wildman–Crippen LogP) is 2.29. The molecule has 0 spiro atoms. The summed E-state index contributed by atoms with van der Waals surface area (Å²) < 4.78 is 9.73. The van der Waals surface area contributed by atoms with E-state index in [0.29, 0.717) is 5.76 Å². The van der Waals surface area contributed by atoms with Gasteiger partial charge in [-0.15, -0.1) is 0 Å². The number of carbonyl (C=O) groups is 1. The number of phenols is 1. The highest BCUT2D eigenvalue weighted by atomic mass is 16.6. The average molecular weight is 292 g/mol. The first-order valence-corrected chi connectivity index (χ1v) is 5.89. The molecule has 0 aliphatic carbocycles. The molecule has 0 saturated carbocycles. The van der Waals surface area contributed by atoms with E-state index in [0.717, 1.165) is 6.07 Å². The number of benzene rings is 1. The number of nitro groups is 1. The Hall–Kier alpha value is -3.03. The van der Waals surface area contributed by atoms with Gasteiger partial charge in [0.25, 0.3) is 5.69 Å². The lowest BCUT2D eigenvalue weighted by atomic mass is 10.2. The van der Waals surface area contributed by atoms with Crippen LogP contribution in [0, 0.1) is 10.1 Å². The largest absolute Gasteiger partial charge is 0.508 e. The summed E-state index contributed by atoms with van der Waals surface area (Å²) in [6, 6.07) is 6.78. The third-order valence-corrected chi connectivity index (χ3v) is 2.68. The van der Waals surface area contributed by atoms with Gasteiger partial charge in [0.05, 0.1) is 24.6 Å². The van der Waals surface area contributed by atoms with E-state index >= 15 is 0 Å². The first-order chi connectivity index (χ1) is 10.0. The lowest BCUT2D eigenvalue weighted by molar-refractivity contribution is -0.384. The van der Waals surface area contributed by atoms with Gasteiger partial charge in [0.1, 0.15) is 17.2 Å². The molecule has 2 aromatic rings. The summed E-state index contributed by atoms with van der Waals surface area (Å²) in [7, 11) is 1.24. The molecule has 0 aliphatic heterocycles. The summed E-state index contributed by atoms with van der Waals surface area (Å²) in [4.78, 5) is 21.5. The molecule has 8 nitrogen and oxygen atoms in total. The van der Waals surface area contributed by atoms with E-state index in [1.165, 1.54) is 25.3 Å². The van der Waals surface area contributed by atoms with Crippen LogP contribution in [-0.4, -0.2) is 23.1 Å². The van der Waals surface area contributed by atoms with Crippen LogP contribution in [0.1, 0.15) is 16.3 Å². The van der Waals surface area contributed by atoms with E-state index < -0.39 is 10.9 Å². The van der Waals surface area contributed by atoms with Crippen molar-refractivity contribution in [3.63, 3.8) is 0 Å². The summed E-state index contributed by atoms with van der Waals surface area (Å²) in [5.74, 6) is -0.331. The minimum absolute atomic E-state index is 0.0505. The van der Waals surface area contributed by atoms with Crippen molar-refractivity contribution >= 4 is 17.3 Å².